The highest BCUT2D eigenvalue weighted by molar-refractivity contribution is 8.00. The highest BCUT2D eigenvalue weighted by atomic mass is 32.2. The SMILES string of the molecule is COc1ccc(NC(=O)[C@@H](C)Sc2nc(N)nc(N)n2)cc1. The number of thioether (sulfide) groups is 1. The van der Waals surface area contributed by atoms with E-state index in [9.17, 15) is 4.79 Å². The first-order chi connectivity index (χ1) is 10.5. The van der Waals surface area contributed by atoms with Gasteiger partial charge < -0.3 is 21.5 Å². The zero-order chi connectivity index (χ0) is 16.1. The Labute approximate surface area is 131 Å². The number of carbonyl (C=O) groups is 1. The highest BCUT2D eigenvalue weighted by Gasteiger charge is 2.17. The minimum atomic E-state index is -0.427. The topological polar surface area (TPSA) is 129 Å². The number of methoxy groups -OCH3 is 1. The second-order valence-corrected chi connectivity index (χ2v) is 5.62. The van der Waals surface area contributed by atoms with E-state index in [0.29, 0.717) is 10.8 Å². The van der Waals surface area contributed by atoms with Crippen molar-refractivity contribution in [1.29, 1.82) is 0 Å². The zero-order valence-electron chi connectivity index (χ0n) is 12.1. The Morgan fingerprint density at radius 1 is 1.18 bits per heavy atom. The van der Waals surface area contributed by atoms with E-state index in [1.54, 1.807) is 38.3 Å². The first-order valence-corrected chi connectivity index (χ1v) is 7.24. The van der Waals surface area contributed by atoms with E-state index in [-0.39, 0.29) is 17.8 Å². The third-order valence-electron chi connectivity index (χ3n) is 2.66. The van der Waals surface area contributed by atoms with Crippen LogP contribution in [0.25, 0.3) is 0 Å². The Hall–Kier alpha value is -2.55. The monoisotopic (exact) mass is 320 g/mol. The van der Waals surface area contributed by atoms with E-state index in [1.165, 1.54) is 0 Å². The average Bonchev–Trinajstić information content (AvgIpc) is 2.46. The number of nitrogens with one attached hydrogen (secondary N) is 1. The predicted molar refractivity (Wildman–Crippen MR) is 85.6 cm³/mol. The van der Waals surface area contributed by atoms with Gasteiger partial charge in [0.05, 0.1) is 12.4 Å². The number of carbonyl (C=O) groups excluding carboxylic acids is 1. The lowest BCUT2D eigenvalue weighted by atomic mass is 10.3. The van der Waals surface area contributed by atoms with E-state index >= 15 is 0 Å². The highest BCUT2D eigenvalue weighted by Crippen LogP contribution is 2.22. The fraction of sp³-hybridized carbons (Fsp3) is 0.231. The summed E-state index contributed by atoms with van der Waals surface area (Å²) in [6.07, 6.45) is 0. The molecule has 0 unspecified atom stereocenters. The van der Waals surface area contributed by atoms with Crippen LogP contribution in [0.5, 0.6) is 5.75 Å². The molecule has 0 aliphatic heterocycles. The second kappa shape index (κ2) is 6.94. The molecule has 0 fully saturated rings. The number of nitrogens with zero attached hydrogens (tertiary/aromatic N) is 3. The summed E-state index contributed by atoms with van der Waals surface area (Å²) >= 11 is 1.15. The van der Waals surface area contributed by atoms with Gasteiger partial charge in [-0.05, 0) is 31.2 Å². The molecule has 0 aliphatic rings. The van der Waals surface area contributed by atoms with Crippen LogP contribution < -0.4 is 21.5 Å². The molecule has 22 heavy (non-hydrogen) atoms. The molecule has 116 valence electrons. The van der Waals surface area contributed by atoms with Crippen molar-refractivity contribution in [3.05, 3.63) is 24.3 Å². The molecule has 1 atom stereocenters. The molecular weight excluding hydrogens is 304 g/mol. The summed E-state index contributed by atoms with van der Waals surface area (Å²) in [5, 5.41) is 2.67. The zero-order valence-corrected chi connectivity index (χ0v) is 12.9. The van der Waals surface area contributed by atoms with Gasteiger partial charge in [0.15, 0.2) is 5.16 Å². The molecule has 0 saturated carbocycles. The van der Waals surface area contributed by atoms with Gasteiger partial charge in [0, 0.05) is 5.69 Å². The van der Waals surface area contributed by atoms with Gasteiger partial charge in [-0.2, -0.15) is 15.0 Å². The first-order valence-electron chi connectivity index (χ1n) is 6.36. The predicted octanol–water partition coefficient (Wildman–Crippen LogP) is 1.16. The van der Waals surface area contributed by atoms with Gasteiger partial charge in [-0.25, -0.2) is 0 Å². The van der Waals surface area contributed by atoms with Crippen LogP contribution in [0.4, 0.5) is 17.6 Å². The van der Waals surface area contributed by atoms with Gasteiger partial charge >= 0.3 is 0 Å². The van der Waals surface area contributed by atoms with Gasteiger partial charge in [0.25, 0.3) is 0 Å². The molecule has 1 heterocycles. The van der Waals surface area contributed by atoms with Crippen LogP contribution in [0.1, 0.15) is 6.92 Å². The van der Waals surface area contributed by atoms with Crippen LogP contribution in [0.3, 0.4) is 0 Å². The van der Waals surface area contributed by atoms with E-state index in [0.717, 1.165) is 17.5 Å². The van der Waals surface area contributed by atoms with Crippen molar-refractivity contribution in [2.45, 2.75) is 17.3 Å². The lowest BCUT2D eigenvalue weighted by Gasteiger charge is -2.11. The molecule has 0 bridgehead atoms. The van der Waals surface area contributed by atoms with E-state index in [2.05, 4.69) is 20.3 Å². The van der Waals surface area contributed by atoms with E-state index in [1.807, 2.05) is 0 Å². The second-order valence-electron chi connectivity index (χ2n) is 4.31. The smallest absolute Gasteiger partial charge is 0.237 e. The fourth-order valence-electron chi connectivity index (χ4n) is 1.57. The van der Waals surface area contributed by atoms with Crippen molar-refractivity contribution in [3.8, 4) is 5.75 Å². The molecule has 1 aromatic heterocycles. The van der Waals surface area contributed by atoms with Crippen LogP contribution in [0.15, 0.2) is 29.4 Å². The van der Waals surface area contributed by atoms with Gasteiger partial charge in [-0.3, -0.25) is 4.79 Å². The Balaban J connectivity index is 1.99. The third-order valence-corrected chi connectivity index (χ3v) is 3.62. The average molecular weight is 320 g/mol. The maximum absolute atomic E-state index is 12.1. The summed E-state index contributed by atoms with van der Waals surface area (Å²) < 4.78 is 5.06. The molecule has 5 N–H and O–H groups in total. The summed E-state index contributed by atoms with van der Waals surface area (Å²) in [6.45, 7) is 1.74. The summed E-state index contributed by atoms with van der Waals surface area (Å²) in [5.41, 5.74) is 11.7. The summed E-state index contributed by atoms with van der Waals surface area (Å²) in [5.74, 6) is 0.583. The number of ether oxygens (including phenoxy) is 1. The molecule has 2 aromatic rings. The molecule has 0 saturated heterocycles. The molecule has 0 radical (unpaired) electrons. The number of anilines is 3. The minimum Gasteiger partial charge on any atom is -0.497 e. The minimum absolute atomic E-state index is 0.0257. The number of benzene rings is 1. The van der Waals surface area contributed by atoms with E-state index in [4.69, 9.17) is 16.2 Å². The molecule has 8 nitrogen and oxygen atoms in total. The number of nitrogens with two attached hydrogens (primary N) is 2. The van der Waals surface area contributed by atoms with Crippen molar-refractivity contribution in [2.75, 3.05) is 23.9 Å². The molecule has 1 aromatic carbocycles. The van der Waals surface area contributed by atoms with Crippen molar-refractivity contribution in [2.24, 2.45) is 0 Å². The van der Waals surface area contributed by atoms with E-state index < -0.39 is 5.25 Å². The van der Waals surface area contributed by atoms with Crippen molar-refractivity contribution >= 4 is 35.3 Å². The first kappa shape index (κ1) is 15.8. The van der Waals surface area contributed by atoms with Gasteiger partial charge in [-0.1, -0.05) is 11.8 Å². The quantitative estimate of drug-likeness (QED) is 0.700. The Kier molecular flexibility index (Phi) is 4.99. The van der Waals surface area contributed by atoms with Crippen molar-refractivity contribution in [1.82, 2.24) is 15.0 Å². The lowest BCUT2D eigenvalue weighted by molar-refractivity contribution is -0.115. The summed E-state index contributed by atoms with van der Waals surface area (Å²) in [7, 11) is 1.58. The van der Waals surface area contributed by atoms with Crippen molar-refractivity contribution in [3.63, 3.8) is 0 Å². The number of nitrogen functional groups attached to an aromatic ring is 2. The van der Waals surface area contributed by atoms with Crippen molar-refractivity contribution < 1.29 is 9.53 Å². The maximum Gasteiger partial charge on any atom is 0.237 e. The van der Waals surface area contributed by atoms with Crippen LogP contribution in [0, 0.1) is 0 Å². The Morgan fingerprint density at radius 3 is 2.32 bits per heavy atom. The third kappa shape index (κ3) is 4.22. The lowest BCUT2D eigenvalue weighted by Crippen LogP contribution is -2.22. The Morgan fingerprint density at radius 2 is 1.77 bits per heavy atom. The van der Waals surface area contributed by atoms with Gasteiger partial charge in [0.2, 0.25) is 17.8 Å². The summed E-state index contributed by atoms with van der Waals surface area (Å²) in [4.78, 5) is 23.7. The fourth-order valence-corrected chi connectivity index (χ4v) is 2.35. The number of aromatic nitrogens is 3. The van der Waals surface area contributed by atoms with Gasteiger partial charge in [-0.15, -0.1) is 0 Å². The van der Waals surface area contributed by atoms with Crippen LogP contribution in [-0.4, -0.2) is 33.2 Å². The normalized spacial score (nSPS) is 11.7. The Bertz CT molecular complexity index is 644. The number of hydrogen-bond acceptors (Lipinski definition) is 8. The van der Waals surface area contributed by atoms with Crippen LogP contribution in [0.2, 0.25) is 0 Å². The van der Waals surface area contributed by atoms with Gasteiger partial charge in [0.1, 0.15) is 5.75 Å². The molecule has 0 aliphatic carbocycles. The molecule has 0 spiro atoms. The summed E-state index contributed by atoms with van der Waals surface area (Å²) in [6, 6.07) is 7.04. The number of hydrogen-bond donors (Lipinski definition) is 3. The maximum atomic E-state index is 12.1. The largest absolute Gasteiger partial charge is 0.497 e. The van der Waals surface area contributed by atoms with Crippen LogP contribution in [-0.2, 0) is 4.79 Å². The number of amides is 1. The molecule has 2 rings (SSSR count). The molecule has 1 amide bonds. The molecule has 9 heteroatoms. The molecular formula is C13H16N6O2S. The van der Waals surface area contributed by atoms with Crippen LogP contribution >= 0.6 is 11.8 Å². The standard InChI is InChI=1S/C13H16N6O2S/c1-7(22-13-18-11(14)17-12(15)19-13)10(20)16-8-3-5-9(21-2)6-4-8/h3-7H,1-2H3,(H,16,20)(H4,14,15,17,18,19)/t7-/m1/s1. The number of rotatable bonds is 5.